The zero-order valence-electron chi connectivity index (χ0n) is 19.9. The maximum atomic E-state index is 12.6. The number of amides is 1. The highest BCUT2D eigenvalue weighted by Gasteiger charge is 2.08. The maximum Gasteiger partial charge on any atom is 0.255 e. The van der Waals surface area contributed by atoms with Gasteiger partial charge in [-0.2, -0.15) is 4.98 Å². The third-order valence-electron chi connectivity index (χ3n) is 5.18. The number of ether oxygens (including phenoxy) is 1. The molecule has 1 aromatic heterocycles. The molecule has 0 radical (unpaired) electrons. The summed E-state index contributed by atoms with van der Waals surface area (Å²) in [6.07, 6.45) is 2.09. The molecule has 4 aromatic rings. The van der Waals surface area contributed by atoms with E-state index in [4.69, 9.17) is 4.74 Å². The number of aryl methyl sites for hydroxylation is 1. The Morgan fingerprint density at radius 2 is 1.51 bits per heavy atom. The van der Waals surface area contributed by atoms with Gasteiger partial charge in [0.2, 0.25) is 5.95 Å². The molecule has 0 fully saturated rings. The van der Waals surface area contributed by atoms with Gasteiger partial charge in [-0.25, -0.2) is 4.98 Å². The van der Waals surface area contributed by atoms with E-state index in [0.717, 1.165) is 35.7 Å². The number of nitrogens with one attached hydrogen (secondary N) is 3. The molecule has 0 spiro atoms. The van der Waals surface area contributed by atoms with Gasteiger partial charge in [0.25, 0.3) is 5.91 Å². The van der Waals surface area contributed by atoms with Crippen molar-refractivity contribution in [2.24, 2.45) is 0 Å². The number of nitrogens with zero attached hydrogens (tertiary/aromatic N) is 2. The molecule has 0 bridgehead atoms. The van der Waals surface area contributed by atoms with Crippen LogP contribution >= 0.6 is 0 Å². The van der Waals surface area contributed by atoms with Crippen molar-refractivity contribution < 1.29 is 9.53 Å². The minimum Gasteiger partial charge on any atom is -0.494 e. The zero-order valence-corrected chi connectivity index (χ0v) is 19.9. The summed E-state index contributed by atoms with van der Waals surface area (Å²) in [6, 6.07) is 26.3. The Morgan fingerprint density at radius 3 is 2.23 bits per heavy atom. The minimum absolute atomic E-state index is 0.176. The highest BCUT2D eigenvalue weighted by Crippen LogP contribution is 2.21. The van der Waals surface area contributed by atoms with Crippen LogP contribution in [0.4, 0.5) is 28.8 Å². The molecule has 0 saturated heterocycles. The maximum absolute atomic E-state index is 12.6. The van der Waals surface area contributed by atoms with Gasteiger partial charge < -0.3 is 20.7 Å². The van der Waals surface area contributed by atoms with Crippen molar-refractivity contribution in [3.8, 4) is 5.75 Å². The van der Waals surface area contributed by atoms with Crippen LogP contribution in [0.5, 0.6) is 5.75 Å². The summed E-state index contributed by atoms with van der Waals surface area (Å²) in [4.78, 5) is 21.6. The second kappa shape index (κ2) is 11.7. The summed E-state index contributed by atoms with van der Waals surface area (Å²) in [7, 11) is 0. The van der Waals surface area contributed by atoms with Gasteiger partial charge in [0, 0.05) is 34.4 Å². The Hall–Kier alpha value is -4.39. The van der Waals surface area contributed by atoms with E-state index in [0.29, 0.717) is 29.6 Å². The number of unbranched alkanes of at least 4 members (excludes halogenated alkanes) is 1. The Balaban J connectivity index is 1.35. The van der Waals surface area contributed by atoms with Crippen molar-refractivity contribution in [3.05, 3.63) is 96.2 Å². The molecule has 0 aliphatic rings. The van der Waals surface area contributed by atoms with Gasteiger partial charge in [-0.05, 0) is 74.0 Å². The van der Waals surface area contributed by atoms with Gasteiger partial charge in [-0.1, -0.05) is 31.5 Å². The molecule has 4 rings (SSSR count). The lowest BCUT2D eigenvalue weighted by molar-refractivity contribution is 0.102. The first-order valence-electron chi connectivity index (χ1n) is 11.7. The molecule has 3 N–H and O–H groups in total. The summed E-state index contributed by atoms with van der Waals surface area (Å²) in [5.74, 6) is 1.79. The zero-order chi connectivity index (χ0) is 24.5. The van der Waals surface area contributed by atoms with Crippen LogP contribution in [0.1, 0.15) is 35.8 Å². The number of rotatable bonds is 10. The third kappa shape index (κ3) is 7.04. The van der Waals surface area contributed by atoms with Crippen molar-refractivity contribution in [1.82, 2.24) is 9.97 Å². The van der Waals surface area contributed by atoms with Crippen molar-refractivity contribution in [2.45, 2.75) is 26.7 Å². The molecule has 1 amide bonds. The standard InChI is InChI=1S/C28H29N5O2/c1-3-4-18-35-25-16-10-21(11-17-25)27(34)31-23-12-14-24(15-13-23)32-28-29-20(2)19-26(33-28)30-22-8-6-5-7-9-22/h5-17,19H,3-4,18H2,1-2H3,(H,31,34)(H2,29,30,32,33). The molecular formula is C28H29N5O2. The smallest absolute Gasteiger partial charge is 0.255 e. The lowest BCUT2D eigenvalue weighted by Gasteiger charge is -2.11. The Bertz CT molecular complexity index is 1240. The molecule has 1 heterocycles. The van der Waals surface area contributed by atoms with Crippen molar-refractivity contribution in [1.29, 1.82) is 0 Å². The predicted octanol–water partition coefficient (Wildman–Crippen LogP) is 6.70. The number of para-hydroxylation sites is 1. The van der Waals surface area contributed by atoms with Crippen LogP contribution in [0.15, 0.2) is 84.9 Å². The minimum atomic E-state index is -0.176. The van der Waals surface area contributed by atoms with Crippen molar-refractivity contribution >= 4 is 34.7 Å². The molecular weight excluding hydrogens is 438 g/mol. The normalized spacial score (nSPS) is 10.5. The average molecular weight is 468 g/mol. The van der Waals surface area contributed by atoms with Crippen LogP contribution < -0.4 is 20.7 Å². The second-order valence-corrected chi connectivity index (χ2v) is 8.09. The van der Waals surface area contributed by atoms with E-state index in [1.54, 1.807) is 12.1 Å². The monoisotopic (exact) mass is 467 g/mol. The largest absolute Gasteiger partial charge is 0.494 e. The number of hydrogen-bond donors (Lipinski definition) is 3. The van der Waals surface area contributed by atoms with E-state index in [9.17, 15) is 4.79 Å². The van der Waals surface area contributed by atoms with E-state index in [2.05, 4.69) is 32.8 Å². The van der Waals surface area contributed by atoms with Gasteiger partial charge in [-0.15, -0.1) is 0 Å². The van der Waals surface area contributed by atoms with Crippen LogP contribution in [-0.2, 0) is 0 Å². The molecule has 0 aliphatic carbocycles. The van der Waals surface area contributed by atoms with E-state index >= 15 is 0 Å². The highest BCUT2D eigenvalue weighted by atomic mass is 16.5. The van der Waals surface area contributed by atoms with Gasteiger partial charge in [0.05, 0.1) is 6.61 Å². The van der Waals surface area contributed by atoms with Crippen LogP contribution in [0, 0.1) is 6.92 Å². The SMILES string of the molecule is CCCCOc1ccc(C(=O)Nc2ccc(Nc3nc(C)cc(Nc4ccccc4)n3)cc2)cc1. The topological polar surface area (TPSA) is 88.2 Å². The van der Waals surface area contributed by atoms with E-state index < -0.39 is 0 Å². The second-order valence-electron chi connectivity index (χ2n) is 8.09. The fourth-order valence-electron chi connectivity index (χ4n) is 3.36. The molecule has 7 heteroatoms. The van der Waals surface area contributed by atoms with E-state index in [1.807, 2.05) is 79.7 Å². The van der Waals surface area contributed by atoms with Crippen LogP contribution in [0.25, 0.3) is 0 Å². The summed E-state index contributed by atoms with van der Waals surface area (Å²) in [5.41, 5.74) is 3.87. The first-order chi connectivity index (χ1) is 17.1. The van der Waals surface area contributed by atoms with Crippen LogP contribution in [0.3, 0.4) is 0 Å². The molecule has 35 heavy (non-hydrogen) atoms. The third-order valence-corrected chi connectivity index (χ3v) is 5.18. The summed E-state index contributed by atoms with van der Waals surface area (Å²) in [5, 5.41) is 9.43. The molecule has 0 atom stereocenters. The Morgan fingerprint density at radius 1 is 0.829 bits per heavy atom. The lowest BCUT2D eigenvalue weighted by atomic mass is 10.2. The van der Waals surface area contributed by atoms with Gasteiger partial charge >= 0.3 is 0 Å². The molecule has 7 nitrogen and oxygen atoms in total. The van der Waals surface area contributed by atoms with Gasteiger partial charge in [-0.3, -0.25) is 4.79 Å². The van der Waals surface area contributed by atoms with Crippen molar-refractivity contribution in [3.63, 3.8) is 0 Å². The fraction of sp³-hybridized carbons (Fsp3) is 0.179. The Labute approximate surface area is 205 Å². The first kappa shape index (κ1) is 23.8. The fourth-order valence-corrected chi connectivity index (χ4v) is 3.36. The predicted molar refractivity (Wildman–Crippen MR) is 141 cm³/mol. The number of aromatic nitrogens is 2. The quantitative estimate of drug-likeness (QED) is 0.225. The summed E-state index contributed by atoms with van der Waals surface area (Å²) < 4.78 is 5.65. The summed E-state index contributed by atoms with van der Waals surface area (Å²) in [6.45, 7) is 4.72. The molecule has 0 aliphatic heterocycles. The van der Waals surface area contributed by atoms with Crippen LogP contribution in [-0.4, -0.2) is 22.5 Å². The number of carbonyl (C=O) groups is 1. The molecule has 0 unspecified atom stereocenters. The number of carbonyl (C=O) groups excluding carboxylic acids is 1. The number of anilines is 5. The molecule has 178 valence electrons. The average Bonchev–Trinajstić information content (AvgIpc) is 2.86. The van der Waals surface area contributed by atoms with Gasteiger partial charge in [0.15, 0.2) is 0 Å². The molecule has 0 saturated carbocycles. The molecule has 3 aromatic carbocycles. The van der Waals surface area contributed by atoms with Crippen molar-refractivity contribution in [2.75, 3.05) is 22.6 Å². The first-order valence-corrected chi connectivity index (χ1v) is 11.7. The van der Waals surface area contributed by atoms with Crippen LogP contribution in [0.2, 0.25) is 0 Å². The lowest BCUT2D eigenvalue weighted by Crippen LogP contribution is -2.11. The number of benzene rings is 3. The van der Waals surface area contributed by atoms with Gasteiger partial charge in [0.1, 0.15) is 11.6 Å². The van der Waals surface area contributed by atoms with E-state index in [1.165, 1.54) is 0 Å². The highest BCUT2D eigenvalue weighted by molar-refractivity contribution is 6.04. The number of hydrogen-bond acceptors (Lipinski definition) is 6. The summed E-state index contributed by atoms with van der Waals surface area (Å²) >= 11 is 0. The van der Waals surface area contributed by atoms with E-state index in [-0.39, 0.29) is 5.91 Å². The Kier molecular flexibility index (Phi) is 7.91.